The molecule has 0 aliphatic carbocycles. The van der Waals surface area contributed by atoms with Crippen LogP contribution in [0.25, 0.3) is 0 Å². The van der Waals surface area contributed by atoms with Crippen molar-refractivity contribution >= 4 is 11.9 Å². The second-order valence-electron chi connectivity index (χ2n) is 5.59. The third kappa shape index (κ3) is 5.91. The third-order valence-corrected chi connectivity index (χ3v) is 3.85. The van der Waals surface area contributed by atoms with Crippen molar-refractivity contribution in [2.45, 2.75) is 6.42 Å². The molecule has 0 bridgehead atoms. The minimum Gasteiger partial charge on any atom is -0.497 e. The normalized spacial score (nSPS) is 10.0. The predicted octanol–water partition coefficient (Wildman–Crippen LogP) is 2.23. The summed E-state index contributed by atoms with van der Waals surface area (Å²) < 4.78 is 20.4. The molecule has 144 valence electrons. The van der Waals surface area contributed by atoms with Gasteiger partial charge < -0.3 is 24.3 Å². The molecule has 0 unspecified atom stereocenters. The zero-order chi connectivity index (χ0) is 19.6. The lowest BCUT2D eigenvalue weighted by atomic mass is 10.1. The van der Waals surface area contributed by atoms with Crippen LogP contribution in [0.1, 0.15) is 15.9 Å². The molecule has 0 saturated heterocycles. The molecule has 0 radical (unpaired) electrons. The number of ether oxygens (including phenoxy) is 4. The number of amides is 1. The molecule has 7 nitrogen and oxygen atoms in total. The van der Waals surface area contributed by atoms with Gasteiger partial charge in [-0.25, -0.2) is 4.79 Å². The van der Waals surface area contributed by atoms with Crippen molar-refractivity contribution < 1.29 is 28.5 Å². The molecule has 1 amide bonds. The van der Waals surface area contributed by atoms with Crippen LogP contribution in [0.2, 0.25) is 0 Å². The zero-order valence-corrected chi connectivity index (χ0v) is 15.6. The Hall–Kier alpha value is -3.22. The van der Waals surface area contributed by atoms with E-state index in [1.165, 1.54) is 20.3 Å². The lowest BCUT2D eigenvalue weighted by Crippen LogP contribution is -2.30. The highest BCUT2D eigenvalue weighted by Gasteiger charge is 2.13. The van der Waals surface area contributed by atoms with Crippen LogP contribution in [0.3, 0.4) is 0 Å². The molecule has 0 aliphatic rings. The van der Waals surface area contributed by atoms with Crippen molar-refractivity contribution in [3.8, 4) is 17.2 Å². The van der Waals surface area contributed by atoms with Gasteiger partial charge in [-0.2, -0.15) is 0 Å². The molecule has 0 atom stereocenters. The molecule has 2 rings (SSSR count). The Balaban J connectivity index is 1.76. The van der Waals surface area contributed by atoms with Crippen LogP contribution < -0.4 is 19.5 Å². The van der Waals surface area contributed by atoms with E-state index in [2.05, 4.69) is 5.32 Å². The van der Waals surface area contributed by atoms with Crippen molar-refractivity contribution in [2.24, 2.45) is 0 Å². The summed E-state index contributed by atoms with van der Waals surface area (Å²) in [5.41, 5.74) is 1.34. The van der Waals surface area contributed by atoms with Gasteiger partial charge in [-0.3, -0.25) is 4.79 Å². The van der Waals surface area contributed by atoms with Gasteiger partial charge in [-0.05, 0) is 42.3 Å². The summed E-state index contributed by atoms with van der Waals surface area (Å²) in [6.45, 7) is 0.0921. The predicted molar refractivity (Wildman–Crippen MR) is 99.5 cm³/mol. The Morgan fingerprint density at radius 3 is 2.22 bits per heavy atom. The lowest BCUT2D eigenvalue weighted by molar-refractivity contribution is -0.124. The van der Waals surface area contributed by atoms with Gasteiger partial charge in [0.2, 0.25) is 0 Å². The molecule has 7 heteroatoms. The second-order valence-corrected chi connectivity index (χ2v) is 5.59. The maximum atomic E-state index is 12.1. The van der Waals surface area contributed by atoms with E-state index < -0.39 is 5.97 Å². The summed E-state index contributed by atoms with van der Waals surface area (Å²) in [5.74, 6) is 0.727. The van der Waals surface area contributed by atoms with Crippen molar-refractivity contribution in [3.05, 3.63) is 53.6 Å². The van der Waals surface area contributed by atoms with Gasteiger partial charge in [0.25, 0.3) is 5.91 Å². The maximum absolute atomic E-state index is 12.1. The van der Waals surface area contributed by atoms with Crippen molar-refractivity contribution in [1.29, 1.82) is 0 Å². The molecule has 2 aromatic carbocycles. The van der Waals surface area contributed by atoms with Crippen molar-refractivity contribution in [2.75, 3.05) is 34.5 Å². The fraction of sp³-hybridized carbons (Fsp3) is 0.300. The number of carbonyl (C=O) groups is 2. The second kappa shape index (κ2) is 10.1. The highest BCUT2D eigenvalue weighted by atomic mass is 16.5. The van der Waals surface area contributed by atoms with E-state index in [0.717, 1.165) is 11.3 Å². The fourth-order valence-corrected chi connectivity index (χ4v) is 2.37. The minimum atomic E-state index is -0.610. The first-order chi connectivity index (χ1) is 13.1. The number of methoxy groups -OCH3 is 3. The molecular weight excluding hydrogens is 350 g/mol. The first-order valence-corrected chi connectivity index (χ1v) is 8.36. The summed E-state index contributed by atoms with van der Waals surface area (Å²) in [6.07, 6.45) is 0.666. The summed E-state index contributed by atoms with van der Waals surface area (Å²) in [4.78, 5) is 23.9. The molecule has 0 fully saturated rings. The molecule has 0 saturated carbocycles. The molecule has 0 aromatic heterocycles. The topological polar surface area (TPSA) is 83.1 Å². The molecule has 0 heterocycles. The van der Waals surface area contributed by atoms with E-state index in [1.807, 2.05) is 24.3 Å². The van der Waals surface area contributed by atoms with Gasteiger partial charge in [-0.15, -0.1) is 0 Å². The van der Waals surface area contributed by atoms with Crippen LogP contribution in [-0.4, -0.2) is 46.4 Å². The molecule has 27 heavy (non-hydrogen) atoms. The fourth-order valence-electron chi connectivity index (χ4n) is 2.37. The smallest absolute Gasteiger partial charge is 0.338 e. The summed E-state index contributed by atoms with van der Waals surface area (Å²) in [6, 6.07) is 12.2. The summed E-state index contributed by atoms with van der Waals surface area (Å²) in [7, 11) is 4.59. The molecule has 0 spiro atoms. The van der Waals surface area contributed by atoms with Gasteiger partial charge in [0.05, 0.1) is 26.9 Å². The highest BCUT2D eigenvalue weighted by Crippen LogP contribution is 2.27. The van der Waals surface area contributed by atoms with Crippen LogP contribution in [0.5, 0.6) is 17.2 Å². The number of rotatable bonds is 9. The first kappa shape index (κ1) is 20.1. The number of carbonyl (C=O) groups excluding carboxylic acids is 2. The SMILES string of the molecule is COc1ccc(CCNC(=O)COC(=O)c2ccc(OC)c(OC)c2)cc1. The first-order valence-electron chi connectivity index (χ1n) is 8.36. The Morgan fingerprint density at radius 2 is 1.59 bits per heavy atom. The van der Waals surface area contributed by atoms with Crippen molar-refractivity contribution in [3.63, 3.8) is 0 Å². The van der Waals surface area contributed by atoms with Gasteiger partial charge in [-0.1, -0.05) is 12.1 Å². The van der Waals surface area contributed by atoms with Crippen LogP contribution >= 0.6 is 0 Å². The molecule has 1 N–H and O–H groups in total. The monoisotopic (exact) mass is 373 g/mol. The van der Waals surface area contributed by atoms with E-state index in [0.29, 0.717) is 24.5 Å². The quantitative estimate of drug-likeness (QED) is 0.679. The number of esters is 1. The van der Waals surface area contributed by atoms with Gasteiger partial charge in [0, 0.05) is 6.54 Å². The number of hydrogen-bond acceptors (Lipinski definition) is 6. The number of hydrogen-bond donors (Lipinski definition) is 1. The minimum absolute atomic E-state index is 0.277. The third-order valence-electron chi connectivity index (χ3n) is 3.85. The molecular formula is C20H23NO6. The van der Waals surface area contributed by atoms with E-state index in [4.69, 9.17) is 18.9 Å². The van der Waals surface area contributed by atoms with E-state index >= 15 is 0 Å². The molecule has 2 aromatic rings. The summed E-state index contributed by atoms with van der Waals surface area (Å²) >= 11 is 0. The van der Waals surface area contributed by atoms with Gasteiger partial charge >= 0.3 is 5.97 Å². The zero-order valence-electron chi connectivity index (χ0n) is 15.6. The van der Waals surface area contributed by atoms with Crippen LogP contribution in [0.4, 0.5) is 0 Å². The Morgan fingerprint density at radius 1 is 0.889 bits per heavy atom. The standard InChI is InChI=1S/C20H23NO6/c1-24-16-7-4-14(5-8-16)10-11-21-19(22)13-27-20(23)15-6-9-17(25-2)18(12-15)26-3/h4-9,12H,10-11,13H2,1-3H3,(H,21,22). The Kier molecular flexibility index (Phi) is 7.49. The average molecular weight is 373 g/mol. The maximum Gasteiger partial charge on any atom is 0.338 e. The van der Waals surface area contributed by atoms with E-state index in [9.17, 15) is 9.59 Å². The van der Waals surface area contributed by atoms with E-state index in [1.54, 1.807) is 19.2 Å². The molecule has 0 aliphatic heterocycles. The van der Waals surface area contributed by atoms with Gasteiger partial charge in [0.15, 0.2) is 18.1 Å². The van der Waals surface area contributed by atoms with Crippen LogP contribution in [0.15, 0.2) is 42.5 Å². The Labute approximate surface area is 158 Å². The van der Waals surface area contributed by atoms with Crippen molar-refractivity contribution in [1.82, 2.24) is 5.32 Å². The largest absolute Gasteiger partial charge is 0.497 e. The van der Waals surface area contributed by atoms with Crippen LogP contribution in [-0.2, 0) is 16.0 Å². The number of benzene rings is 2. The number of nitrogens with one attached hydrogen (secondary N) is 1. The average Bonchev–Trinajstić information content (AvgIpc) is 2.71. The Bertz CT molecular complexity index is 773. The lowest BCUT2D eigenvalue weighted by Gasteiger charge is -2.10. The highest BCUT2D eigenvalue weighted by molar-refractivity contribution is 5.92. The van der Waals surface area contributed by atoms with E-state index in [-0.39, 0.29) is 18.1 Å². The summed E-state index contributed by atoms with van der Waals surface area (Å²) in [5, 5.41) is 2.72. The van der Waals surface area contributed by atoms with Gasteiger partial charge in [0.1, 0.15) is 5.75 Å². The van der Waals surface area contributed by atoms with Crippen LogP contribution in [0, 0.1) is 0 Å².